The molecule has 5 nitrogen and oxygen atoms in total. The number of hydrogen-bond acceptors (Lipinski definition) is 4. The minimum Gasteiger partial charge on any atom is -0.357 e. The van der Waals surface area contributed by atoms with E-state index in [-0.39, 0.29) is 24.0 Å². The molecule has 2 rings (SSSR count). The fourth-order valence-corrected chi connectivity index (χ4v) is 3.71. The number of aryl methyl sites for hydroxylation is 1. The number of nitrogens with one attached hydrogen (secondary N) is 1. The van der Waals surface area contributed by atoms with E-state index in [0.29, 0.717) is 0 Å². The van der Waals surface area contributed by atoms with Crippen molar-refractivity contribution in [3.05, 3.63) is 16.1 Å². The second-order valence-corrected chi connectivity index (χ2v) is 7.43. The Labute approximate surface area is 168 Å². The summed E-state index contributed by atoms with van der Waals surface area (Å²) in [5, 5.41) is 6.63. The van der Waals surface area contributed by atoms with Crippen LogP contribution in [0.4, 0.5) is 0 Å². The van der Waals surface area contributed by atoms with Crippen LogP contribution in [0.15, 0.2) is 10.4 Å². The Morgan fingerprint density at radius 3 is 2.67 bits per heavy atom. The summed E-state index contributed by atoms with van der Waals surface area (Å²) in [4.78, 5) is 14.0. The predicted molar refractivity (Wildman–Crippen MR) is 115 cm³/mol. The number of hydrogen-bond donors (Lipinski definition) is 1. The van der Waals surface area contributed by atoms with Gasteiger partial charge in [0.05, 0.1) is 23.8 Å². The van der Waals surface area contributed by atoms with Crippen molar-refractivity contribution in [3.63, 3.8) is 0 Å². The Hall–Kier alpha value is -0.410. The lowest BCUT2D eigenvalue weighted by Crippen LogP contribution is -2.39. The van der Waals surface area contributed by atoms with E-state index in [1.165, 1.54) is 25.7 Å². The van der Waals surface area contributed by atoms with Crippen LogP contribution >= 0.6 is 35.3 Å². The highest BCUT2D eigenvalue weighted by molar-refractivity contribution is 14.0. The number of nitrogens with zero attached hydrogens (tertiary/aromatic N) is 4. The second-order valence-electron chi connectivity index (χ2n) is 6.37. The van der Waals surface area contributed by atoms with Crippen molar-refractivity contribution in [2.45, 2.75) is 52.1 Å². The molecule has 1 fully saturated rings. The van der Waals surface area contributed by atoms with Crippen molar-refractivity contribution in [2.24, 2.45) is 4.99 Å². The minimum atomic E-state index is 0. The van der Waals surface area contributed by atoms with Crippen molar-refractivity contribution >= 4 is 41.3 Å². The van der Waals surface area contributed by atoms with Gasteiger partial charge in [-0.1, -0.05) is 12.8 Å². The van der Waals surface area contributed by atoms with Gasteiger partial charge >= 0.3 is 0 Å². The molecule has 0 saturated heterocycles. The quantitative estimate of drug-likeness (QED) is 0.381. The molecule has 0 aromatic carbocycles. The molecule has 1 saturated carbocycles. The molecule has 1 aliphatic rings. The Morgan fingerprint density at radius 1 is 1.38 bits per heavy atom. The highest BCUT2D eigenvalue weighted by Gasteiger charge is 2.18. The third kappa shape index (κ3) is 6.84. The van der Waals surface area contributed by atoms with Gasteiger partial charge in [-0.2, -0.15) is 0 Å². The van der Waals surface area contributed by atoms with Crippen molar-refractivity contribution in [3.8, 4) is 0 Å². The zero-order valence-electron chi connectivity index (χ0n) is 15.4. The number of halogens is 1. The van der Waals surface area contributed by atoms with Gasteiger partial charge in [0.25, 0.3) is 0 Å². The molecule has 7 heteroatoms. The molecule has 138 valence electrons. The normalized spacial score (nSPS) is 15.6. The molecule has 1 heterocycles. The molecule has 0 bridgehead atoms. The number of aliphatic imine (C=N–C) groups is 1. The van der Waals surface area contributed by atoms with Gasteiger partial charge in [-0.3, -0.25) is 4.99 Å². The van der Waals surface area contributed by atoms with Gasteiger partial charge in [0.15, 0.2) is 5.96 Å². The molecule has 0 amide bonds. The van der Waals surface area contributed by atoms with Gasteiger partial charge < -0.3 is 15.1 Å². The Balaban J connectivity index is 0.00000288. The lowest BCUT2D eigenvalue weighted by atomic mass is 10.2. The first kappa shape index (κ1) is 21.6. The van der Waals surface area contributed by atoms with Crippen molar-refractivity contribution < 1.29 is 0 Å². The summed E-state index contributed by atoms with van der Waals surface area (Å²) in [7, 11) is 4.32. The second kappa shape index (κ2) is 11.3. The van der Waals surface area contributed by atoms with Crippen molar-refractivity contribution in [1.82, 2.24) is 20.1 Å². The molecule has 0 atom stereocenters. The van der Waals surface area contributed by atoms with E-state index < -0.39 is 0 Å². The lowest BCUT2D eigenvalue weighted by molar-refractivity contribution is 0.252. The maximum Gasteiger partial charge on any atom is 0.194 e. The highest BCUT2D eigenvalue weighted by atomic mass is 127. The zero-order chi connectivity index (χ0) is 16.7. The van der Waals surface area contributed by atoms with E-state index in [4.69, 9.17) is 4.99 Å². The molecule has 1 aromatic rings. The number of guanidine groups is 1. The molecule has 24 heavy (non-hydrogen) atoms. The third-order valence-electron chi connectivity index (χ3n) is 4.42. The number of aromatic nitrogens is 1. The Bertz CT molecular complexity index is 499. The summed E-state index contributed by atoms with van der Waals surface area (Å²) >= 11 is 1.70. The fourth-order valence-electron chi connectivity index (χ4n) is 3.11. The Kier molecular flexibility index (Phi) is 10.1. The van der Waals surface area contributed by atoms with Crippen LogP contribution in [0.5, 0.6) is 0 Å². The van der Waals surface area contributed by atoms with Crippen molar-refractivity contribution in [2.75, 3.05) is 33.7 Å². The van der Waals surface area contributed by atoms with Crippen LogP contribution in [0, 0.1) is 6.92 Å². The average Bonchev–Trinajstić information content (AvgIpc) is 3.18. The maximum atomic E-state index is 4.79. The van der Waals surface area contributed by atoms with Crippen molar-refractivity contribution in [1.29, 1.82) is 0 Å². The van der Waals surface area contributed by atoms with E-state index in [2.05, 4.69) is 46.5 Å². The minimum absolute atomic E-state index is 0. The third-order valence-corrected chi connectivity index (χ3v) is 5.25. The SMILES string of the molecule is CCNC(=NCCN(C)C1CCCC1)N(C)Cc1csc(C)n1.I. The van der Waals surface area contributed by atoms with Crippen LogP contribution in [-0.2, 0) is 6.54 Å². The number of rotatable bonds is 7. The van der Waals surface area contributed by atoms with Crippen LogP contribution in [-0.4, -0.2) is 60.5 Å². The molecular weight excluding hydrogens is 433 g/mol. The first-order chi connectivity index (χ1) is 11.1. The van der Waals surface area contributed by atoms with E-state index in [9.17, 15) is 0 Å². The summed E-state index contributed by atoms with van der Waals surface area (Å²) in [6.45, 7) is 7.72. The maximum absolute atomic E-state index is 4.79. The van der Waals surface area contributed by atoms with Gasteiger partial charge in [0.2, 0.25) is 0 Å². The van der Waals surface area contributed by atoms with Gasteiger partial charge in [-0.05, 0) is 33.7 Å². The predicted octanol–water partition coefficient (Wildman–Crippen LogP) is 3.34. The van der Waals surface area contributed by atoms with Gasteiger partial charge in [0.1, 0.15) is 0 Å². The van der Waals surface area contributed by atoms with E-state index >= 15 is 0 Å². The highest BCUT2D eigenvalue weighted by Crippen LogP contribution is 2.21. The van der Waals surface area contributed by atoms with Gasteiger partial charge in [-0.15, -0.1) is 35.3 Å². The number of thiazole rings is 1. The van der Waals surface area contributed by atoms with E-state index in [1.807, 2.05) is 6.92 Å². The summed E-state index contributed by atoms with van der Waals surface area (Å²) < 4.78 is 0. The van der Waals surface area contributed by atoms with E-state index in [0.717, 1.165) is 48.9 Å². The van der Waals surface area contributed by atoms with E-state index in [1.54, 1.807) is 11.3 Å². The van der Waals surface area contributed by atoms with Gasteiger partial charge in [0, 0.05) is 31.6 Å². The van der Waals surface area contributed by atoms with Crippen LogP contribution < -0.4 is 5.32 Å². The van der Waals surface area contributed by atoms with Crippen LogP contribution in [0.2, 0.25) is 0 Å². The first-order valence-electron chi connectivity index (χ1n) is 8.70. The zero-order valence-corrected chi connectivity index (χ0v) is 18.6. The molecule has 0 aliphatic heterocycles. The summed E-state index contributed by atoms with van der Waals surface area (Å²) in [5.41, 5.74) is 1.11. The molecule has 1 aliphatic carbocycles. The summed E-state index contributed by atoms with van der Waals surface area (Å²) in [6.07, 6.45) is 5.47. The molecule has 0 spiro atoms. The topological polar surface area (TPSA) is 43.8 Å². The van der Waals surface area contributed by atoms with Crippen LogP contribution in [0.1, 0.15) is 43.3 Å². The van der Waals surface area contributed by atoms with Crippen LogP contribution in [0.25, 0.3) is 0 Å². The molecular formula is C17H32IN5S. The lowest BCUT2D eigenvalue weighted by Gasteiger charge is -2.24. The summed E-state index contributed by atoms with van der Waals surface area (Å²) in [5.74, 6) is 0.970. The molecule has 0 radical (unpaired) electrons. The molecule has 0 unspecified atom stereocenters. The molecule has 1 N–H and O–H groups in total. The standard InChI is InChI=1S/C17H31N5S.HI/c1-5-18-17(22(4)12-15-13-23-14(2)20-15)19-10-11-21(3)16-8-6-7-9-16;/h13,16H,5-12H2,1-4H3,(H,18,19);1H. The largest absolute Gasteiger partial charge is 0.357 e. The van der Waals surface area contributed by atoms with Crippen LogP contribution in [0.3, 0.4) is 0 Å². The number of likely N-dealkylation sites (N-methyl/N-ethyl adjacent to an activating group) is 1. The smallest absolute Gasteiger partial charge is 0.194 e. The fraction of sp³-hybridized carbons (Fsp3) is 0.765. The average molecular weight is 465 g/mol. The monoisotopic (exact) mass is 465 g/mol. The van der Waals surface area contributed by atoms with Gasteiger partial charge in [-0.25, -0.2) is 4.98 Å². The first-order valence-corrected chi connectivity index (χ1v) is 9.58. The molecule has 1 aromatic heterocycles. The Morgan fingerprint density at radius 2 is 2.08 bits per heavy atom. The summed E-state index contributed by atoms with van der Waals surface area (Å²) in [6, 6.07) is 0.767.